The zero-order valence-electron chi connectivity index (χ0n) is 13.7. The van der Waals surface area contributed by atoms with Gasteiger partial charge in [-0.25, -0.2) is 0 Å². The Hall–Kier alpha value is -1.46. The Balaban J connectivity index is 1.36. The molecule has 0 saturated carbocycles. The normalized spacial score (nSPS) is 21.2. The number of nitrogens with zero attached hydrogens (tertiary/aromatic N) is 2. The highest BCUT2D eigenvalue weighted by molar-refractivity contribution is 5.76. The zero-order valence-corrected chi connectivity index (χ0v) is 13.7. The number of aromatic nitrogens is 1. The summed E-state index contributed by atoms with van der Waals surface area (Å²) in [4.78, 5) is 18.8. The number of nitrogens with one attached hydrogen (secondary N) is 1. The molecule has 3 rings (SSSR count). The second-order valence-electron chi connectivity index (χ2n) is 6.74. The van der Waals surface area contributed by atoms with Crippen LogP contribution in [0.5, 0.6) is 0 Å². The van der Waals surface area contributed by atoms with E-state index in [1.54, 1.807) is 0 Å². The summed E-state index contributed by atoms with van der Waals surface area (Å²) >= 11 is 0. The summed E-state index contributed by atoms with van der Waals surface area (Å²) < 4.78 is 5.33. The van der Waals surface area contributed by atoms with E-state index in [0.717, 1.165) is 58.5 Å². The van der Waals surface area contributed by atoms with Gasteiger partial charge in [0.1, 0.15) is 0 Å². The van der Waals surface area contributed by atoms with E-state index in [1.807, 2.05) is 18.5 Å². The van der Waals surface area contributed by atoms with Crippen LogP contribution in [0.1, 0.15) is 37.7 Å². The number of amides is 1. The molecule has 1 aromatic rings. The van der Waals surface area contributed by atoms with Crippen molar-refractivity contribution in [3.63, 3.8) is 0 Å². The molecule has 0 atom stereocenters. The topological polar surface area (TPSA) is 54.5 Å². The Morgan fingerprint density at radius 1 is 1.26 bits per heavy atom. The van der Waals surface area contributed by atoms with Crippen molar-refractivity contribution in [3.8, 4) is 0 Å². The largest absolute Gasteiger partial charge is 0.381 e. The Morgan fingerprint density at radius 3 is 2.74 bits per heavy atom. The van der Waals surface area contributed by atoms with Gasteiger partial charge in [0.05, 0.1) is 0 Å². The molecule has 0 unspecified atom stereocenters. The van der Waals surface area contributed by atoms with Crippen LogP contribution in [-0.2, 0) is 16.1 Å². The molecule has 0 bridgehead atoms. The Morgan fingerprint density at radius 2 is 2.04 bits per heavy atom. The predicted molar refractivity (Wildman–Crippen MR) is 88.8 cm³/mol. The molecule has 0 aliphatic carbocycles. The van der Waals surface area contributed by atoms with Gasteiger partial charge in [0, 0.05) is 44.6 Å². The predicted octanol–water partition coefficient (Wildman–Crippen LogP) is 1.98. The van der Waals surface area contributed by atoms with E-state index in [1.165, 1.54) is 5.56 Å². The standard InChI is InChI=1S/C18H27N3O2/c22-18(20-17-5-10-23-11-6-17)12-15-3-8-21(9-4-15)14-16-2-1-7-19-13-16/h1-2,7,13,15,17H,3-6,8-12,14H2,(H,20,22). The van der Waals surface area contributed by atoms with Crippen molar-refractivity contribution in [1.29, 1.82) is 0 Å². The minimum Gasteiger partial charge on any atom is -0.381 e. The first kappa shape index (κ1) is 16.4. The minimum atomic E-state index is 0.225. The molecule has 3 heterocycles. The van der Waals surface area contributed by atoms with Crippen LogP contribution in [0.25, 0.3) is 0 Å². The summed E-state index contributed by atoms with van der Waals surface area (Å²) in [6.45, 7) is 4.67. The highest BCUT2D eigenvalue weighted by atomic mass is 16.5. The molecule has 5 nitrogen and oxygen atoms in total. The SMILES string of the molecule is O=C(CC1CCN(Cc2cccnc2)CC1)NC1CCOCC1. The van der Waals surface area contributed by atoms with Crippen molar-refractivity contribution in [2.75, 3.05) is 26.3 Å². The van der Waals surface area contributed by atoms with Gasteiger partial charge in [-0.3, -0.25) is 14.7 Å². The van der Waals surface area contributed by atoms with Crippen molar-refractivity contribution in [1.82, 2.24) is 15.2 Å². The van der Waals surface area contributed by atoms with E-state index in [2.05, 4.69) is 21.3 Å². The molecule has 0 radical (unpaired) electrons. The number of hydrogen-bond acceptors (Lipinski definition) is 4. The van der Waals surface area contributed by atoms with Crippen LogP contribution in [0, 0.1) is 5.92 Å². The first-order valence-electron chi connectivity index (χ1n) is 8.78. The van der Waals surface area contributed by atoms with Gasteiger partial charge in [0.25, 0.3) is 0 Å². The lowest BCUT2D eigenvalue weighted by Crippen LogP contribution is -2.41. The van der Waals surface area contributed by atoms with Crippen LogP contribution in [0.2, 0.25) is 0 Å². The average molecular weight is 317 g/mol. The highest BCUT2D eigenvalue weighted by Gasteiger charge is 2.23. The summed E-state index contributed by atoms with van der Waals surface area (Å²) in [5, 5.41) is 3.18. The molecule has 126 valence electrons. The third-order valence-electron chi connectivity index (χ3n) is 4.90. The summed E-state index contributed by atoms with van der Waals surface area (Å²) in [5.41, 5.74) is 1.27. The molecule has 2 fully saturated rings. The maximum atomic E-state index is 12.2. The first-order valence-corrected chi connectivity index (χ1v) is 8.78. The van der Waals surface area contributed by atoms with Crippen molar-refractivity contribution >= 4 is 5.91 Å². The van der Waals surface area contributed by atoms with Gasteiger partial charge in [0.15, 0.2) is 0 Å². The number of rotatable bonds is 5. The lowest BCUT2D eigenvalue weighted by molar-refractivity contribution is -0.123. The molecular formula is C18H27N3O2. The van der Waals surface area contributed by atoms with Crippen LogP contribution in [-0.4, -0.2) is 48.1 Å². The Labute approximate surface area is 138 Å². The molecule has 1 aromatic heterocycles. The van der Waals surface area contributed by atoms with E-state index < -0.39 is 0 Å². The third kappa shape index (κ3) is 5.29. The maximum absolute atomic E-state index is 12.2. The fraction of sp³-hybridized carbons (Fsp3) is 0.667. The number of hydrogen-bond donors (Lipinski definition) is 1. The van der Waals surface area contributed by atoms with Gasteiger partial charge in [0.2, 0.25) is 5.91 Å². The first-order chi connectivity index (χ1) is 11.3. The van der Waals surface area contributed by atoms with E-state index in [9.17, 15) is 4.79 Å². The highest BCUT2D eigenvalue weighted by Crippen LogP contribution is 2.22. The summed E-state index contributed by atoms with van der Waals surface area (Å²) in [6.07, 6.45) is 8.56. The van der Waals surface area contributed by atoms with E-state index in [-0.39, 0.29) is 5.91 Å². The monoisotopic (exact) mass is 317 g/mol. The molecule has 1 N–H and O–H groups in total. The van der Waals surface area contributed by atoms with Crippen LogP contribution >= 0.6 is 0 Å². The van der Waals surface area contributed by atoms with Crippen molar-refractivity contribution in [3.05, 3.63) is 30.1 Å². The lowest BCUT2D eigenvalue weighted by atomic mass is 9.92. The minimum absolute atomic E-state index is 0.225. The van der Waals surface area contributed by atoms with E-state index in [0.29, 0.717) is 18.4 Å². The number of carbonyl (C=O) groups excluding carboxylic acids is 1. The van der Waals surface area contributed by atoms with Crippen LogP contribution in [0.4, 0.5) is 0 Å². The molecule has 0 spiro atoms. The second-order valence-corrected chi connectivity index (χ2v) is 6.74. The molecule has 23 heavy (non-hydrogen) atoms. The molecule has 1 amide bonds. The van der Waals surface area contributed by atoms with Crippen molar-refractivity contribution < 1.29 is 9.53 Å². The number of pyridine rings is 1. The van der Waals surface area contributed by atoms with Gasteiger partial charge < -0.3 is 10.1 Å². The Kier molecular flexibility index (Phi) is 6.00. The van der Waals surface area contributed by atoms with Crippen LogP contribution < -0.4 is 5.32 Å². The smallest absolute Gasteiger partial charge is 0.220 e. The number of ether oxygens (including phenoxy) is 1. The molecular weight excluding hydrogens is 290 g/mol. The summed E-state index contributed by atoms with van der Waals surface area (Å²) in [5.74, 6) is 0.752. The zero-order chi connectivity index (χ0) is 15.9. The van der Waals surface area contributed by atoms with Gasteiger partial charge >= 0.3 is 0 Å². The maximum Gasteiger partial charge on any atom is 0.220 e. The number of likely N-dealkylation sites (tertiary alicyclic amines) is 1. The lowest BCUT2D eigenvalue weighted by Gasteiger charge is -2.32. The van der Waals surface area contributed by atoms with Gasteiger partial charge in [-0.15, -0.1) is 0 Å². The molecule has 5 heteroatoms. The van der Waals surface area contributed by atoms with Crippen molar-refractivity contribution in [2.24, 2.45) is 5.92 Å². The molecule has 2 aliphatic heterocycles. The Bertz CT molecular complexity index is 480. The second kappa shape index (κ2) is 8.41. The molecule has 0 aromatic carbocycles. The molecule has 2 aliphatic rings. The van der Waals surface area contributed by atoms with Crippen LogP contribution in [0.15, 0.2) is 24.5 Å². The third-order valence-corrected chi connectivity index (χ3v) is 4.90. The van der Waals surface area contributed by atoms with Gasteiger partial charge in [-0.05, 0) is 56.3 Å². The summed E-state index contributed by atoms with van der Waals surface area (Å²) in [7, 11) is 0. The number of carbonyl (C=O) groups is 1. The van der Waals surface area contributed by atoms with Crippen molar-refractivity contribution in [2.45, 2.75) is 44.7 Å². The fourth-order valence-electron chi connectivity index (χ4n) is 3.49. The van der Waals surface area contributed by atoms with E-state index in [4.69, 9.17) is 4.74 Å². The fourth-order valence-corrected chi connectivity index (χ4v) is 3.49. The number of piperidine rings is 1. The van der Waals surface area contributed by atoms with Crippen LogP contribution in [0.3, 0.4) is 0 Å². The average Bonchev–Trinajstić information content (AvgIpc) is 2.58. The van der Waals surface area contributed by atoms with Gasteiger partial charge in [-0.1, -0.05) is 6.07 Å². The van der Waals surface area contributed by atoms with E-state index >= 15 is 0 Å². The molecule has 2 saturated heterocycles. The summed E-state index contributed by atoms with van der Waals surface area (Å²) in [6, 6.07) is 4.44. The quantitative estimate of drug-likeness (QED) is 0.902. The van der Waals surface area contributed by atoms with Gasteiger partial charge in [-0.2, -0.15) is 0 Å².